The lowest BCUT2D eigenvalue weighted by Gasteiger charge is -2.10. The Kier molecular flexibility index (Phi) is 4.68. The van der Waals surface area contributed by atoms with Gasteiger partial charge in [0, 0.05) is 5.39 Å². The van der Waals surface area contributed by atoms with E-state index >= 15 is 0 Å². The normalized spacial score (nSPS) is 9.94. The van der Waals surface area contributed by atoms with Crippen LogP contribution in [0.3, 0.4) is 0 Å². The van der Waals surface area contributed by atoms with Crippen LogP contribution in [-0.2, 0) is 4.74 Å². The maximum atomic E-state index is 11.8. The van der Waals surface area contributed by atoms with Crippen LogP contribution in [0, 0.1) is 13.8 Å². The second-order valence-electron chi connectivity index (χ2n) is 3.95. The van der Waals surface area contributed by atoms with Crippen LogP contribution in [0.15, 0.2) is 24.3 Å². The minimum Gasteiger partial charge on any atom is -0.461 e. The topological polar surface area (TPSA) is 39.2 Å². The minimum absolute atomic E-state index is 0. The third kappa shape index (κ3) is 2.46. The molecule has 2 aromatic rings. The summed E-state index contributed by atoms with van der Waals surface area (Å²) >= 11 is 0. The van der Waals surface area contributed by atoms with Gasteiger partial charge in [-0.05, 0) is 38.0 Å². The molecule has 1 aromatic heterocycles. The summed E-state index contributed by atoms with van der Waals surface area (Å²) in [6.07, 6.45) is 0. The third-order valence-corrected chi connectivity index (χ3v) is 2.93. The van der Waals surface area contributed by atoms with Crippen LogP contribution < -0.4 is 0 Å². The summed E-state index contributed by atoms with van der Waals surface area (Å²) in [6, 6.07) is 7.81. The van der Waals surface area contributed by atoms with Crippen molar-refractivity contribution >= 4 is 29.3 Å². The smallest absolute Gasteiger partial charge is 0.357 e. The van der Waals surface area contributed by atoms with E-state index in [0.717, 1.165) is 22.0 Å². The molecule has 0 amide bonds. The van der Waals surface area contributed by atoms with Gasteiger partial charge in [0.1, 0.15) is 0 Å². The lowest BCUT2D eigenvalue weighted by molar-refractivity contribution is 0.0519. The standard InChI is InChI=1S/C14H15NO2.ClH/c1-4-17-14(16)13-10(3)9(2)11-7-5-6-8-12(11)15-13;/h5-8H,4H2,1-3H3;1H. The first-order chi connectivity index (χ1) is 8.15. The van der Waals surface area contributed by atoms with E-state index in [4.69, 9.17) is 4.74 Å². The van der Waals surface area contributed by atoms with Crippen molar-refractivity contribution in [3.05, 3.63) is 41.1 Å². The predicted molar refractivity (Wildman–Crippen MR) is 74.4 cm³/mol. The number of fused-ring (bicyclic) bond motifs is 1. The number of rotatable bonds is 2. The zero-order valence-electron chi connectivity index (χ0n) is 10.7. The van der Waals surface area contributed by atoms with Gasteiger partial charge in [-0.1, -0.05) is 18.2 Å². The number of ether oxygens (including phenoxy) is 1. The van der Waals surface area contributed by atoms with E-state index in [-0.39, 0.29) is 18.4 Å². The molecule has 0 atom stereocenters. The molecule has 3 nitrogen and oxygen atoms in total. The Morgan fingerprint density at radius 1 is 1.22 bits per heavy atom. The van der Waals surface area contributed by atoms with E-state index in [1.807, 2.05) is 38.1 Å². The number of esters is 1. The van der Waals surface area contributed by atoms with E-state index < -0.39 is 0 Å². The van der Waals surface area contributed by atoms with Gasteiger partial charge in [0.25, 0.3) is 0 Å². The Labute approximate surface area is 113 Å². The quantitative estimate of drug-likeness (QED) is 0.781. The molecule has 0 aliphatic heterocycles. The largest absolute Gasteiger partial charge is 0.461 e. The summed E-state index contributed by atoms with van der Waals surface area (Å²) in [6.45, 7) is 6.07. The molecule has 96 valence electrons. The molecule has 0 saturated carbocycles. The van der Waals surface area contributed by atoms with E-state index in [9.17, 15) is 4.79 Å². The first-order valence-electron chi connectivity index (χ1n) is 5.68. The van der Waals surface area contributed by atoms with Crippen LogP contribution >= 0.6 is 12.4 Å². The molecule has 0 bridgehead atoms. The van der Waals surface area contributed by atoms with Gasteiger partial charge in [-0.3, -0.25) is 0 Å². The Hall–Kier alpha value is -1.61. The van der Waals surface area contributed by atoms with Crippen molar-refractivity contribution in [1.82, 2.24) is 4.98 Å². The van der Waals surface area contributed by atoms with Gasteiger partial charge in [-0.15, -0.1) is 12.4 Å². The van der Waals surface area contributed by atoms with E-state index in [1.165, 1.54) is 0 Å². The number of pyridine rings is 1. The lowest BCUT2D eigenvalue weighted by atomic mass is 10.0. The van der Waals surface area contributed by atoms with E-state index in [0.29, 0.717) is 12.3 Å². The highest BCUT2D eigenvalue weighted by molar-refractivity contribution is 5.94. The van der Waals surface area contributed by atoms with Crippen molar-refractivity contribution in [2.45, 2.75) is 20.8 Å². The first-order valence-corrected chi connectivity index (χ1v) is 5.68. The summed E-state index contributed by atoms with van der Waals surface area (Å²) in [7, 11) is 0. The molecule has 18 heavy (non-hydrogen) atoms. The number of benzene rings is 1. The average Bonchev–Trinajstić information content (AvgIpc) is 2.34. The molecule has 0 saturated heterocycles. The molecule has 1 heterocycles. The predicted octanol–water partition coefficient (Wildman–Crippen LogP) is 3.45. The molecule has 4 heteroatoms. The van der Waals surface area contributed by atoms with Crippen LogP contribution in [0.25, 0.3) is 10.9 Å². The lowest BCUT2D eigenvalue weighted by Crippen LogP contribution is -2.10. The highest BCUT2D eigenvalue weighted by atomic mass is 35.5. The number of hydrogen-bond donors (Lipinski definition) is 0. The Balaban J connectivity index is 0.00000162. The van der Waals surface area contributed by atoms with Gasteiger partial charge in [-0.2, -0.15) is 0 Å². The third-order valence-electron chi connectivity index (χ3n) is 2.93. The zero-order chi connectivity index (χ0) is 12.4. The molecular weight excluding hydrogens is 250 g/mol. The number of aryl methyl sites for hydroxylation is 1. The number of hydrogen-bond acceptors (Lipinski definition) is 3. The molecule has 0 radical (unpaired) electrons. The fraction of sp³-hybridized carbons (Fsp3) is 0.286. The molecule has 0 aliphatic rings. The Bertz CT molecular complexity index is 581. The van der Waals surface area contributed by atoms with Crippen LogP contribution in [0.5, 0.6) is 0 Å². The fourth-order valence-electron chi connectivity index (χ4n) is 1.87. The maximum absolute atomic E-state index is 11.8. The number of carbonyl (C=O) groups is 1. The van der Waals surface area contributed by atoms with Gasteiger partial charge >= 0.3 is 5.97 Å². The summed E-state index contributed by atoms with van der Waals surface area (Å²) < 4.78 is 5.01. The zero-order valence-corrected chi connectivity index (χ0v) is 11.5. The fourth-order valence-corrected chi connectivity index (χ4v) is 1.87. The summed E-state index contributed by atoms with van der Waals surface area (Å²) in [5.74, 6) is -0.348. The second-order valence-corrected chi connectivity index (χ2v) is 3.95. The molecule has 2 rings (SSSR count). The highest BCUT2D eigenvalue weighted by Crippen LogP contribution is 2.22. The van der Waals surface area contributed by atoms with Gasteiger partial charge in [0.15, 0.2) is 5.69 Å². The Morgan fingerprint density at radius 3 is 2.56 bits per heavy atom. The Morgan fingerprint density at radius 2 is 1.89 bits per heavy atom. The highest BCUT2D eigenvalue weighted by Gasteiger charge is 2.15. The van der Waals surface area contributed by atoms with Crippen molar-refractivity contribution < 1.29 is 9.53 Å². The minimum atomic E-state index is -0.348. The average molecular weight is 266 g/mol. The molecule has 0 fully saturated rings. The summed E-state index contributed by atoms with van der Waals surface area (Å²) in [4.78, 5) is 16.2. The van der Waals surface area contributed by atoms with Crippen molar-refractivity contribution in [3.8, 4) is 0 Å². The SMILES string of the molecule is CCOC(=O)c1nc2ccccc2c(C)c1C.Cl. The number of para-hydroxylation sites is 1. The van der Waals surface area contributed by atoms with Gasteiger partial charge in [-0.25, -0.2) is 9.78 Å². The molecule has 0 spiro atoms. The molecule has 0 N–H and O–H groups in total. The van der Waals surface area contributed by atoms with Crippen molar-refractivity contribution in [2.24, 2.45) is 0 Å². The van der Waals surface area contributed by atoms with Crippen LogP contribution in [-0.4, -0.2) is 17.6 Å². The van der Waals surface area contributed by atoms with Crippen molar-refractivity contribution in [1.29, 1.82) is 0 Å². The van der Waals surface area contributed by atoms with Gasteiger partial charge in [0.2, 0.25) is 0 Å². The van der Waals surface area contributed by atoms with E-state index in [1.54, 1.807) is 6.92 Å². The molecule has 0 aliphatic carbocycles. The maximum Gasteiger partial charge on any atom is 0.357 e. The monoisotopic (exact) mass is 265 g/mol. The van der Waals surface area contributed by atoms with Crippen LogP contribution in [0.1, 0.15) is 28.5 Å². The summed E-state index contributed by atoms with van der Waals surface area (Å²) in [5, 5.41) is 1.08. The van der Waals surface area contributed by atoms with Crippen LogP contribution in [0.4, 0.5) is 0 Å². The van der Waals surface area contributed by atoms with Crippen molar-refractivity contribution in [3.63, 3.8) is 0 Å². The summed E-state index contributed by atoms with van der Waals surface area (Å²) in [5.41, 5.74) is 3.22. The van der Waals surface area contributed by atoms with E-state index in [2.05, 4.69) is 4.98 Å². The van der Waals surface area contributed by atoms with Crippen molar-refractivity contribution in [2.75, 3.05) is 6.61 Å². The molecule has 0 unspecified atom stereocenters. The van der Waals surface area contributed by atoms with Gasteiger partial charge < -0.3 is 4.74 Å². The van der Waals surface area contributed by atoms with Gasteiger partial charge in [0.05, 0.1) is 12.1 Å². The second kappa shape index (κ2) is 5.83. The first kappa shape index (κ1) is 14.5. The number of carbonyl (C=O) groups excluding carboxylic acids is 1. The number of nitrogens with zero attached hydrogens (tertiary/aromatic N) is 1. The van der Waals surface area contributed by atoms with Crippen LogP contribution in [0.2, 0.25) is 0 Å². The number of halogens is 1. The number of aromatic nitrogens is 1. The molecule has 1 aromatic carbocycles. The molecular formula is C14H16ClNO2.